The molecule has 7 heteroatoms. The summed E-state index contributed by atoms with van der Waals surface area (Å²) in [6.45, 7) is 1.48. The highest BCUT2D eigenvalue weighted by molar-refractivity contribution is 6.55. The number of aryl methyl sites for hydroxylation is 1. The van der Waals surface area contributed by atoms with E-state index < -0.39 is 11.7 Å². The third-order valence-corrected chi connectivity index (χ3v) is 2.55. The summed E-state index contributed by atoms with van der Waals surface area (Å²) in [7, 11) is 1.19. The van der Waals surface area contributed by atoms with Gasteiger partial charge in [0.2, 0.25) is 0 Å². The lowest BCUT2D eigenvalue weighted by molar-refractivity contribution is -0.138. The Hall–Kier alpha value is -1.07. The fraction of sp³-hybridized carbons (Fsp3) is 0.333. The number of rotatable bonds is 4. The average molecular weight is 315 g/mol. The van der Waals surface area contributed by atoms with Crippen LogP contribution in [-0.4, -0.2) is 13.7 Å². The van der Waals surface area contributed by atoms with Gasteiger partial charge >= 0.3 is 6.18 Å². The molecule has 0 spiro atoms. The summed E-state index contributed by atoms with van der Waals surface area (Å²) in [6, 6.07) is 2.33. The summed E-state index contributed by atoms with van der Waals surface area (Å²) in [5, 5.41) is 0. The normalized spacial score (nSPS) is 11.1. The van der Waals surface area contributed by atoms with Crippen LogP contribution in [0.3, 0.4) is 0 Å². The van der Waals surface area contributed by atoms with Crippen LogP contribution in [0.4, 0.5) is 13.2 Å². The Morgan fingerprint density at radius 2 is 1.95 bits per heavy atom. The van der Waals surface area contributed by atoms with E-state index in [9.17, 15) is 13.2 Å². The van der Waals surface area contributed by atoms with Crippen molar-refractivity contribution in [3.8, 4) is 11.5 Å². The van der Waals surface area contributed by atoms with Gasteiger partial charge in [-0.2, -0.15) is 13.2 Å². The van der Waals surface area contributed by atoms with Gasteiger partial charge in [0.1, 0.15) is 28.2 Å². The van der Waals surface area contributed by atoms with Gasteiger partial charge in [-0.15, -0.1) is 0 Å². The van der Waals surface area contributed by atoms with E-state index in [4.69, 9.17) is 32.7 Å². The molecule has 0 radical (unpaired) electrons. The Labute approximate surface area is 118 Å². The first-order chi connectivity index (χ1) is 8.75. The predicted molar refractivity (Wildman–Crippen MR) is 68.0 cm³/mol. The predicted octanol–water partition coefficient (Wildman–Crippen LogP) is 4.72. The fourth-order valence-corrected chi connectivity index (χ4v) is 1.63. The van der Waals surface area contributed by atoms with Gasteiger partial charge in [-0.05, 0) is 30.7 Å². The van der Waals surface area contributed by atoms with Crippen LogP contribution < -0.4 is 9.47 Å². The lowest BCUT2D eigenvalue weighted by atomic mass is 10.1. The summed E-state index contributed by atoms with van der Waals surface area (Å²) >= 11 is 10.7. The number of halogens is 5. The van der Waals surface area contributed by atoms with Gasteiger partial charge in [-0.1, -0.05) is 23.2 Å². The molecule has 1 rings (SSSR count). The Balaban J connectivity index is 3.10. The van der Waals surface area contributed by atoms with E-state index in [2.05, 4.69) is 0 Å². The molecule has 0 bridgehead atoms. The van der Waals surface area contributed by atoms with Gasteiger partial charge in [-0.3, -0.25) is 0 Å². The topological polar surface area (TPSA) is 18.5 Å². The molecule has 0 amide bonds. The molecule has 0 aliphatic carbocycles. The largest absolute Gasteiger partial charge is 0.496 e. The Morgan fingerprint density at radius 1 is 1.32 bits per heavy atom. The standard InChI is InChI=1S/C12H11Cl2F3O2/c1-7-5-8(19-4-3-10(13)14)6-9(11(7)18-2)12(15,16)17/h3,5-6H,4H2,1-2H3. The van der Waals surface area contributed by atoms with Gasteiger partial charge in [-0.25, -0.2) is 0 Å². The second kappa shape index (κ2) is 6.39. The number of methoxy groups -OCH3 is 1. The lowest BCUT2D eigenvalue weighted by Crippen LogP contribution is -2.09. The minimum absolute atomic E-state index is 0.0127. The van der Waals surface area contributed by atoms with Crippen molar-refractivity contribution < 1.29 is 22.6 Å². The van der Waals surface area contributed by atoms with Crippen molar-refractivity contribution in [3.05, 3.63) is 33.8 Å². The Kier molecular flexibility index (Phi) is 5.38. The summed E-state index contributed by atoms with van der Waals surface area (Å²) in [6.07, 6.45) is -3.19. The lowest BCUT2D eigenvalue weighted by Gasteiger charge is -2.16. The van der Waals surface area contributed by atoms with Crippen LogP contribution >= 0.6 is 23.2 Å². The molecule has 0 unspecified atom stereocenters. The van der Waals surface area contributed by atoms with Crippen LogP contribution in [0.25, 0.3) is 0 Å². The van der Waals surface area contributed by atoms with Gasteiger partial charge < -0.3 is 9.47 Å². The Morgan fingerprint density at radius 3 is 2.42 bits per heavy atom. The van der Waals surface area contributed by atoms with Crippen LogP contribution in [0, 0.1) is 6.92 Å². The second-order valence-electron chi connectivity index (χ2n) is 3.62. The quantitative estimate of drug-likeness (QED) is 0.800. The van der Waals surface area contributed by atoms with Gasteiger partial charge in [0.15, 0.2) is 0 Å². The van der Waals surface area contributed by atoms with Crippen molar-refractivity contribution in [1.29, 1.82) is 0 Å². The molecule has 1 aromatic carbocycles. The molecule has 0 aliphatic heterocycles. The second-order valence-corrected chi connectivity index (χ2v) is 4.63. The van der Waals surface area contributed by atoms with E-state index in [1.54, 1.807) is 0 Å². The van der Waals surface area contributed by atoms with Crippen LogP contribution in [-0.2, 0) is 6.18 Å². The molecular formula is C12H11Cl2F3O2. The molecule has 0 saturated carbocycles. The maximum absolute atomic E-state index is 12.9. The van der Waals surface area contributed by atoms with E-state index in [0.717, 1.165) is 6.07 Å². The van der Waals surface area contributed by atoms with Crippen LogP contribution in [0.15, 0.2) is 22.7 Å². The maximum Gasteiger partial charge on any atom is 0.420 e. The van der Waals surface area contributed by atoms with Crippen LogP contribution in [0.2, 0.25) is 0 Å². The van der Waals surface area contributed by atoms with Crippen molar-refractivity contribution in [3.63, 3.8) is 0 Å². The third kappa shape index (κ3) is 4.51. The number of hydrogen-bond acceptors (Lipinski definition) is 2. The molecule has 0 heterocycles. The zero-order chi connectivity index (χ0) is 14.6. The number of ether oxygens (including phenoxy) is 2. The first-order valence-corrected chi connectivity index (χ1v) is 5.91. The first kappa shape index (κ1) is 16.0. The SMILES string of the molecule is COc1c(C)cc(OCC=C(Cl)Cl)cc1C(F)(F)F. The van der Waals surface area contributed by atoms with Crippen molar-refractivity contribution in [2.24, 2.45) is 0 Å². The molecule has 106 valence electrons. The summed E-state index contributed by atoms with van der Waals surface area (Å²) in [4.78, 5) is 0. The highest BCUT2D eigenvalue weighted by Crippen LogP contribution is 2.40. The highest BCUT2D eigenvalue weighted by atomic mass is 35.5. The molecule has 0 aromatic heterocycles. The maximum atomic E-state index is 12.9. The first-order valence-electron chi connectivity index (χ1n) is 5.15. The van der Waals surface area contributed by atoms with Crippen LogP contribution in [0.5, 0.6) is 11.5 Å². The zero-order valence-electron chi connectivity index (χ0n) is 10.1. The molecule has 0 atom stereocenters. The van der Waals surface area contributed by atoms with Gasteiger partial charge in [0.25, 0.3) is 0 Å². The molecule has 0 N–H and O–H groups in total. The van der Waals surface area contributed by atoms with E-state index in [0.29, 0.717) is 5.56 Å². The summed E-state index contributed by atoms with van der Waals surface area (Å²) in [5.41, 5.74) is -0.556. The third-order valence-electron chi connectivity index (χ3n) is 2.25. The van der Waals surface area contributed by atoms with E-state index in [-0.39, 0.29) is 22.6 Å². The molecular weight excluding hydrogens is 304 g/mol. The number of alkyl halides is 3. The fourth-order valence-electron chi connectivity index (χ4n) is 1.51. The number of hydrogen-bond donors (Lipinski definition) is 0. The molecule has 19 heavy (non-hydrogen) atoms. The molecule has 2 nitrogen and oxygen atoms in total. The monoisotopic (exact) mass is 314 g/mol. The summed E-state index contributed by atoms with van der Waals surface area (Å²) < 4.78 is 48.5. The van der Waals surface area contributed by atoms with E-state index in [1.807, 2.05) is 0 Å². The molecule has 0 fully saturated rings. The highest BCUT2D eigenvalue weighted by Gasteiger charge is 2.35. The Bertz CT molecular complexity index is 481. The van der Waals surface area contributed by atoms with E-state index in [1.165, 1.54) is 26.2 Å². The van der Waals surface area contributed by atoms with Crippen molar-refractivity contribution in [1.82, 2.24) is 0 Å². The minimum Gasteiger partial charge on any atom is -0.496 e. The van der Waals surface area contributed by atoms with Gasteiger partial charge in [0.05, 0.1) is 7.11 Å². The summed E-state index contributed by atoms with van der Waals surface area (Å²) in [5.74, 6) is -0.151. The van der Waals surface area contributed by atoms with Gasteiger partial charge in [0, 0.05) is 0 Å². The van der Waals surface area contributed by atoms with Crippen molar-refractivity contribution >= 4 is 23.2 Å². The minimum atomic E-state index is -4.52. The van der Waals surface area contributed by atoms with E-state index >= 15 is 0 Å². The zero-order valence-corrected chi connectivity index (χ0v) is 11.7. The average Bonchev–Trinajstić information content (AvgIpc) is 2.26. The number of benzene rings is 1. The van der Waals surface area contributed by atoms with Crippen molar-refractivity contribution in [2.45, 2.75) is 13.1 Å². The smallest absolute Gasteiger partial charge is 0.420 e. The molecule has 1 aromatic rings. The van der Waals surface area contributed by atoms with Crippen molar-refractivity contribution in [2.75, 3.05) is 13.7 Å². The van der Waals surface area contributed by atoms with Crippen LogP contribution in [0.1, 0.15) is 11.1 Å². The molecule has 0 saturated heterocycles. The molecule has 0 aliphatic rings.